The fourth-order valence-corrected chi connectivity index (χ4v) is 4.03. The first-order valence-corrected chi connectivity index (χ1v) is 9.27. The first-order valence-electron chi connectivity index (χ1n) is 8.51. The van der Waals surface area contributed by atoms with Crippen molar-refractivity contribution in [2.75, 3.05) is 18.1 Å². The number of hydrogen-bond donors (Lipinski definition) is 0. The van der Waals surface area contributed by atoms with Gasteiger partial charge >= 0.3 is 0 Å². The Kier molecular flexibility index (Phi) is 3.96. The summed E-state index contributed by atoms with van der Waals surface area (Å²) in [5.74, 6) is -0.749. The van der Waals surface area contributed by atoms with E-state index in [-0.39, 0.29) is 0 Å². The molecule has 9 heteroatoms. The largest absolute Gasteiger partial charge is 0.486 e. The number of ether oxygens (including phenoxy) is 2. The molecule has 5 rings (SSSR count). The van der Waals surface area contributed by atoms with Crippen molar-refractivity contribution in [1.29, 1.82) is 0 Å². The third-order valence-corrected chi connectivity index (χ3v) is 5.35. The van der Waals surface area contributed by atoms with Gasteiger partial charge in [0.25, 0.3) is 5.91 Å². The Bertz CT molecular complexity index is 1050. The smallest absolute Gasteiger partial charge is 0.278 e. The second-order valence-corrected chi connectivity index (χ2v) is 7.29. The molecule has 0 bridgehead atoms. The quantitative estimate of drug-likeness (QED) is 0.700. The minimum absolute atomic E-state index is 0.310. The molecule has 2 amide bonds. The zero-order chi connectivity index (χ0) is 19.4. The summed E-state index contributed by atoms with van der Waals surface area (Å²) in [6.07, 6.45) is -1.03. The summed E-state index contributed by atoms with van der Waals surface area (Å²) in [5, 5.41) is 4.74. The molecule has 28 heavy (non-hydrogen) atoms. The van der Waals surface area contributed by atoms with E-state index in [9.17, 15) is 9.59 Å². The standard InChI is InChI=1S/C19H12Cl2N2O5/c20-9-1-3-11(12(21)7-9)16-15-17(28-22-16)19(25)23(18(15)24)10-2-4-13-14(8-10)27-6-5-26-13/h1-4,7-8,15,17H,5-6H2/t15-,17-/m0/s1. The van der Waals surface area contributed by atoms with E-state index >= 15 is 0 Å². The molecule has 0 spiro atoms. The Balaban J connectivity index is 1.50. The van der Waals surface area contributed by atoms with Gasteiger partial charge in [0, 0.05) is 16.7 Å². The molecule has 7 nitrogen and oxygen atoms in total. The summed E-state index contributed by atoms with van der Waals surface area (Å²) in [6, 6.07) is 9.75. The molecule has 1 saturated heterocycles. The molecule has 3 aliphatic heterocycles. The molecular formula is C19H12Cl2N2O5. The first kappa shape index (κ1) is 17.3. The van der Waals surface area contributed by atoms with Crippen molar-refractivity contribution in [1.82, 2.24) is 0 Å². The lowest BCUT2D eigenvalue weighted by molar-refractivity contribution is -0.126. The number of amides is 2. The van der Waals surface area contributed by atoms with Crippen LogP contribution in [0.15, 0.2) is 41.6 Å². The van der Waals surface area contributed by atoms with Crippen LogP contribution in [0.1, 0.15) is 5.56 Å². The van der Waals surface area contributed by atoms with Crippen LogP contribution in [0.2, 0.25) is 10.0 Å². The van der Waals surface area contributed by atoms with Crippen molar-refractivity contribution in [2.24, 2.45) is 11.1 Å². The maximum absolute atomic E-state index is 13.1. The number of carbonyl (C=O) groups excluding carboxylic acids is 2. The minimum atomic E-state index is -1.03. The minimum Gasteiger partial charge on any atom is -0.486 e. The molecule has 2 aromatic rings. The predicted octanol–water partition coefficient (Wildman–Crippen LogP) is 3.06. The Morgan fingerprint density at radius 2 is 1.75 bits per heavy atom. The van der Waals surface area contributed by atoms with E-state index in [1.54, 1.807) is 36.4 Å². The van der Waals surface area contributed by atoms with Crippen LogP contribution in [0, 0.1) is 5.92 Å². The molecule has 0 saturated carbocycles. The molecule has 2 atom stereocenters. The molecule has 2 aromatic carbocycles. The fourth-order valence-electron chi connectivity index (χ4n) is 3.52. The third kappa shape index (κ3) is 2.54. The van der Waals surface area contributed by atoms with Gasteiger partial charge in [0.1, 0.15) is 24.8 Å². The van der Waals surface area contributed by atoms with Gasteiger partial charge in [0.05, 0.1) is 10.7 Å². The lowest BCUT2D eigenvalue weighted by atomic mass is 9.94. The van der Waals surface area contributed by atoms with Gasteiger partial charge in [-0.1, -0.05) is 34.4 Å². The number of carbonyl (C=O) groups is 2. The number of anilines is 1. The van der Waals surface area contributed by atoms with E-state index in [0.717, 1.165) is 4.90 Å². The lowest BCUT2D eigenvalue weighted by Crippen LogP contribution is -2.33. The van der Waals surface area contributed by atoms with Crippen LogP contribution in [0.3, 0.4) is 0 Å². The number of benzene rings is 2. The molecule has 0 aromatic heterocycles. The van der Waals surface area contributed by atoms with Gasteiger partial charge in [-0.05, 0) is 24.3 Å². The number of hydrogen-bond acceptors (Lipinski definition) is 6. The third-order valence-electron chi connectivity index (χ3n) is 4.80. The Morgan fingerprint density at radius 1 is 0.964 bits per heavy atom. The van der Waals surface area contributed by atoms with Crippen molar-refractivity contribution >= 4 is 46.4 Å². The molecule has 3 aliphatic rings. The van der Waals surface area contributed by atoms with E-state index in [2.05, 4.69) is 5.16 Å². The second kappa shape index (κ2) is 6.39. The predicted molar refractivity (Wildman–Crippen MR) is 101 cm³/mol. The zero-order valence-corrected chi connectivity index (χ0v) is 15.7. The van der Waals surface area contributed by atoms with E-state index in [0.29, 0.717) is 51.7 Å². The van der Waals surface area contributed by atoms with Gasteiger partial charge in [-0.15, -0.1) is 0 Å². The molecule has 0 aliphatic carbocycles. The van der Waals surface area contributed by atoms with E-state index < -0.39 is 23.8 Å². The maximum Gasteiger partial charge on any atom is 0.278 e. The van der Waals surface area contributed by atoms with Gasteiger partial charge in [0.2, 0.25) is 12.0 Å². The zero-order valence-electron chi connectivity index (χ0n) is 14.2. The molecular weight excluding hydrogens is 407 g/mol. The van der Waals surface area contributed by atoms with Crippen molar-refractivity contribution in [3.05, 3.63) is 52.0 Å². The number of fused-ring (bicyclic) bond motifs is 2. The Labute approximate surface area is 169 Å². The van der Waals surface area contributed by atoms with Gasteiger partial charge in [-0.3, -0.25) is 9.59 Å². The summed E-state index contributed by atoms with van der Waals surface area (Å²) in [6.45, 7) is 0.853. The second-order valence-electron chi connectivity index (χ2n) is 6.44. The van der Waals surface area contributed by atoms with Crippen LogP contribution >= 0.6 is 23.2 Å². The normalized spacial score (nSPS) is 22.8. The summed E-state index contributed by atoms with van der Waals surface area (Å²) >= 11 is 12.2. The molecule has 142 valence electrons. The average molecular weight is 419 g/mol. The number of oxime groups is 1. The van der Waals surface area contributed by atoms with E-state index in [1.165, 1.54) is 0 Å². The molecule has 0 N–H and O–H groups in total. The Morgan fingerprint density at radius 3 is 2.54 bits per heavy atom. The molecule has 1 fully saturated rings. The van der Waals surface area contributed by atoms with Crippen molar-refractivity contribution in [3.63, 3.8) is 0 Å². The number of rotatable bonds is 2. The summed E-state index contributed by atoms with van der Waals surface area (Å²) < 4.78 is 11.0. The SMILES string of the molecule is O=C1[C@H]2C(c3ccc(Cl)cc3Cl)=NO[C@@H]2C(=O)N1c1ccc2c(c1)OCCO2. The summed E-state index contributed by atoms with van der Waals surface area (Å²) in [5.41, 5.74) is 1.20. The van der Waals surface area contributed by atoms with Crippen LogP contribution in [0.25, 0.3) is 0 Å². The lowest BCUT2D eigenvalue weighted by Gasteiger charge is -2.21. The van der Waals surface area contributed by atoms with E-state index in [1.807, 2.05) is 0 Å². The Hall–Kier alpha value is -2.77. The van der Waals surface area contributed by atoms with E-state index in [4.69, 9.17) is 37.5 Å². The maximum atomic E-state index is 13.1. The fraction of sp³-hybridized carbons (Fsp3) is 0.211. The van der Waals surface area contributed by atoms with Gasteiger partial charge in [-0.25, -0.2) is 4.90 Å². The average Bonchev–Trinajstić information content (AvgIpc) is 3.22. The number of halogens is 2. The summed E-state index contributed by atoms with van der Waals surface area (Å²) in [4.78, 5) is 32.4. The van der Waals surface area contributed by atoms with Gasteiger partial charge in [0.15, 0.2) is 11.5 Å². The van der Waals surface area contributed by atoms with Crippen LogP contribution in [-0.2, 0) is 14.4 Å². The highest BCUT2D eigenvalue weighted by molar-refractivity contribution is 6.39. The monoisotopic (exact) mass is 418 g/mol. The number of nitrogens with zero attached hydrogens (tertiary/aromatic N) is 2. The van der Waals surface area contributed by atoms with Gasteiger partial charge in [-0.2, -0.15) is 0 Å². The highest BCUT2D eigenvalue weighted by atomic mass is 35.5. The molecule has 0 unspecified atom stereocenters. The molecule has 3 heterocycles. The topological polar surface area (TPSA) is 77.4 Å². The van der Waals surface area contributed by atoms with Crippen LogP contribution in [0.4, 0.5) is 5.69 Å². The van der Waals surface area contributed by atoms with Crippen molar-refractivity contribution in [3.8, 4) is 11.5 Å². The van der Waals surface area contributed by atoms with Crippen molar-refractivity contribution < 1.29 is 23.9 Å². The van der Waals surface area contributed by atoms with Crippen LogP contribution in [0.5, 0.6) is 11.5 Å². The summed E-state index contributed by atoms with van der Waals surface area (Å²) in [7, 11) is 0. The first-order chi connectivity index (χ1) is 13.5. The number of imide groups is 1. The van der Waals surface area contributed by atoms with Gasteiger partial charge < -0.3 is 14.3 Å². The molecule has 0 radical (unpaired) electrons. The highest BCUT2D eigenvalue weighted by Crippen LogP contribution is 2.40. The van der Waals surface area contributed by atoms with Crippen LogP contribution < -0.4 is 14.4 Å². The van der Waals surface area contributed by atoms with Crippen LogP contribution in [-0.4, -0.2) is 36.8 Å². The van der Waals surface area contributed by atoms with Crippen molar-refractivity contribution in [2.45, 2.75) is 6.10 Å². The highest BCUT2D eigenvalue weighted by Gasteiger charge is 2.56.